The number of rotatable bonds is 2. The van der Waals surface area contributed by atoms with Crippen LogP contribution >= 0.6 is 0 Å². The lowest BCUT2D eigenvalue weighted by atomic mass is 10.0. The summed E-state index contributed by atoms with van der Waals surface area (Å²) in [6, 6.07) is 1.47. The zero-order chi connectivity index (χ0) is 12.5. The number of aryl methyl sites for hydroxylation is 1. The number of hydrogen-bond acceptors (Lipinski definition) is 4. The van der Waals surface area contributed by atoms with Crippen molar-refractivity contribution >= 4 is 9.84 Å². The zero-order valence-electron chi connectivity index (χ0n) is 9.96. The van der Waals surface area contributed by atoms with Gasteiger partial charge in [0.2, 0.25) is 0 Å². The summed E-state index contributed by atoms with van der Waals surface area (Å²) in [7, 11) is -3.04. The Kier molecular flexibility index (Phi) is 3.49. The fraction of sp³-hybridized carbons (Fsp3) is 0.583. The van der Waals surface area contributed by atoms with Crippen molar-refractivity contribution in [3.8, 4) is 0 Å². The van der Waals surface area contributed by atoms with Gasteiger partial charge in [0.25, 0.3) is 0 Å². The standard InChI is InChI=1S/C12H18N2O2S/c1-9-6-10(8-14-7-9)12(13)11-4-2-3-5-17(11,15)16/h6-8,11-12H,2-5,13H2,1H3. The molecule has 1 aromatic heterocycles. The van der Waals surface area contributed by atoms with Gasteiger partial charge in [-0.25, -0.2) is 8.42 Å². The summed E-state index contributed by atoms with van der Waals surface area (Å²) in [5.41, 5.74) is 7.92. The van der Waals surface area contributed by atoms with Crippen molar-refractivity contribution in [2.45, 2.75) is 37.5 Å². The Morgan fingerprint density at radius 1 is 1.41 bits per heavy atom. The van der Waals surface area contributed by atoms with Crippen LogP contribution in [0.3, 0.4) is 0 Å². The van der Waals surface area contributed by atoms with Crippen LogP contribution in [0.2, 0.25) is 0 Å². The Hall–Kier alpha value is -0.940. The highest BCUT2D eigenvalue weighted by Crippen LogP contribution is 2.29. The highest BCUT2D eigenvalue weighted by atomic mass is 32.2. The molecule has 0 amide bonds. The second-order valence-corrected chi connectivity index (χ2v) is 7.06. The molecule has 0 saturated carbocycles. The van der Waals surface area contributed by atoms with Crippen molar-refractivity contribution in [1.82, 2.24) is 4.98 Å². The van der Waals surface area contributed by atoms with Gasteiger partial charge in [0.15, 0.2) is 9.84 Å². The van der Waals surface area contributed by atoms with Crippen LogP contribution in [0, 0.1) is 6.92 Å². The molecule has 1 saturated heterocycles. The van der Waals surface area contributed by atoms with Crippen LogP contribution < -0.4 is 5.73 Å². The molecule has 2 unspecified atom stereocenters. The Bertz CT molecular complexity index is 499. The molecule has 2 atom stereocenters. The summed E-state index contributed by atoms with van der Waals surface area (Å²) >= 11 is 0. The zero-order valence-corrected chi connectivity index (χ0v) is 10.8. The minimum Gasteiger partial charge on any atom is -0.323 e. The number of aromatic nitrogens is 1. The van der Waals surface area contributed by atoms with Crippen LogP contribution in [0.1, 0.15) is 36.4 Å². The molecule has 2 heterocycles. The van der Waals surface area contributed by atoms with Crippen molar-refractivity contribution < 1.29 is 8.42 Å². The lowest BCUT2D eigenvalue weighted by Crippen LogP contribution is -2.37. The van der Waals surface area contributed by atoms with Crippen molar-refractivity contribution in [1.29, 1.82) is 0 Å². The summed E-state index contributed by atoms with van der Waals surface area (Å²) in [6.45, 7) is 1.93. The van der Waals surface area contributed by atoms with E-state index in [1.54, 1.807) is 12.4 Å². The first-order valence-corrected chi connectivity index (χ1v) is 7.61. The Morgan fingerprint density at radius 3 is 2.82 bits per heavy atom. The predicted molar refractivity (Wildman–Crippen MR) is 67.3 cm³/mol. The quantitative estimate of drug-likeness (QED) is 0.864. The number of nitrogens with zero attached hydrogens (tertiary/aromatic N) is 1. The molecule has 1 aromatic rings. The van der Waals surface area contributed by atoms with Crippen molar-refractivity contribution in [2.75, 3.05) is 5.75 Å². The monoisotopic (exact) mass is 254 g/mol. The van der Waals surface area contributed by atoms with E-state index in [1.807, 2.05) is 13.0 Å². The van der Waals surface area contributed by atoms with Crippen LogP contribution in [0.15, 0.2) is 18.5 Å². The maximum absolute atomic E-state index is 12.0. The number of nitrogens with two attached hydrogens (primary N) is 1. The largest absolute Gasteiger partial charge is 0.323 e. The van der Waals surface area contributed by atoms with Gasteiger partial charge in [-0.3, -0.25) is 4.98 Å². The minimum absolute atomic E-state index is 0.268. The van der Waals surface area contributed by atoms with Gasteiger partial charge in [0.1, 0.15) is 0 Å². The maximum Gasteiger partial charge on any atom is 0.155 e. The normalized spacial score (nSPS) is 25.4. The second-order valence-electron chi connectivity index (χ2n) is 4.72. The van der Waals surface area contributed by atoms with Crippen LogP contribution in [0.25, 0.3) is 0 Å². The van der Waals surface area contributed by atoms with E-state index in [9.17, 15) is 8.42 Å². The molecule has 5 heteroatoms. The van der Waals surface area contributed by atoms with E-state index in [-0.39, 0.29) is 5.75 Å². The highest BCUT2D eigenvalue weighted by molar-refractivity contribution is 7.92. The molecule has 1 aliphatic heterocycles. The molecule has 0 bridgehead atoms. The molecular formula is C12H18N2O2S. The summed E-state index contributed by atoms with van der Waals surface area (Å²) in [4.78, 5) is 4.07. The third-order valence-electron chi connectivity index (χ3n) is 3.31. The van der Waals surface area contributed by atoms with E-state index < -0.39 is 21.1 Å². The third-order valence-corrected chi connectivity index (χ3v) is 5.62. The average Bonchev–Trinajstić information content (AvgIpc) is 2.27. The van der Waals surface area contributed by atoms with E-state index in [1.165, 1.54) is 0 Å². The number of pyridine rings is 1. The van der Waals surface area contributed by atoms with E-state index in [0.717, 1.165) is 24.0 Å². The first-order chi connectivity index (χ1) is 8.00. The molecule has 1 aliphatic rings. The van der Waals surface area contributed by atoms with Crippen LogP contribution in [0.4, 0.5) is 0 Å². The Morgan fingerprint density at radius 2 is 2.18 bits per heavy atom. The molecule has 0 aliphatic carbocycles. The van der Waals surface area contributed by atoms with Gasteiger partial charge in [-0.2, -0.15) is 0 Å². The lowest BCUT2D eigenvalue weighted by molar-refractivity contribution is 0.504. The molecule has 17 heavy (non-hydrogen) atoms. The van der Waals surface area contributed by atoms with Crippen LogP contribution in [-0.4, -0.2) is 24.4 Å². The van der Waals surface area contributed by atoms with Gasteiger partial charge in [0.05, 0.1) is 11.0 Å². The van der Waals surface area contributed by atoms with Crippen molar-refractivity contribution in [3.05, 3.63) is 29.6 Å². The number of hydrogen-bond donors (Lipinski definition) is 1. The summed E-state index contributed by atoms with van der Waals surface area (Å²) in [6.07, 6.45) is 5.78. The van der Waals surface area contributed by atoms with Crippen molar-refractivity contribution in [3.63, 3.8) is 0 Å². The topological polar surface area (TPSA) is 73.0 Å². The van der Waals surface area contributed by atoms with Gasteiger partial charge >= 0.3 is 0 Å². The molecule has 94 valence electrons. The van der Waals surface area contributed by atoms with Gasteiger partial charge in [-0.05, 0) is 30.9 Å². The van der Waals surface area contributed by atoms with Gasteiger partial charge in [-0.1, -0.05) is 12.5 Å². The highest BCUT2D eigenvalue weighted by Gasteiger charge is 2.34. The first-order valence-electron chi connectivity index (χ1n) is 5.89. The molecule has 4 nitrogen and oxygen atoms in total. The summed E-state index contributed by atoms with van der Waals surface area (Å²) in [5.74, 6) is 0.268. The fourth-order valence-electron chi connectivity index (χ4n) is 2.36. The first kappa shape index (κ1) is 12.5. The fourth-order valence-corrected chi connectivity index (χ4v) is 4.40. The molecular weight excluding hydrogens is 236 g/mol. The number of sulfone groups is 1. The molecule has 2 rings (SSSR count). The second kappa shape index (κ2) is 4.74. The van der Waals surface area contributed by atoms with Gasteiger partial charge in [0, 0.05) is 18.4 Å². The Balaban J connectivity index is 2.28. The van der Waals surface area contributed by atoms with E-state index in [2.05, 4.69) is 4.98 Å². The molecule has 0 spiro atoms. The smallest absolute Gasteiger partial charge is 0.155 e. The average molecular weight is 254 g/mol. The molecule has 0 radical (unpaired) electrons. The van der Waals surface area contributed by atoms with Crippen LogP contribution in [-0.2, 0) is 9.84 Å². The minimum atomic E-state index is -3.04. The predicted octanol–water partition coefficient (Wildman–Crippen LogP) is 1.36. The molecule has 0 aromatic carbocycles. The molecule has 1 fully saturated rings. The summed E-state index contributed by atoms with van der Waals surface area (Å²) in [5, 5.41) is -0.445. The maximum atomic E-state index is 12.0. The van der Waals surface area contributed by atoms with Crippen LogP contribution in [0.5, 0.6) is 0 Å². The molecule has 2 N–H and O–H groups in total. The van der Waals surface area contributed by atoms with E-state index in [0.29, 0.717) is 6.42 Å². The lowest BCUT2D eigenvalue weighted by Gasteiger charge is -2.27. The van der Waals surface area contributed by atoms with E-state index >= 15 is 0 Å². The SMILES string of the molecule is Cc1cncc(C(N)C2CCCCS2(=O)=O)c1. The van der Waals surface area contributed by atoms with Gasteiger partial charge < -0.3 is 5.73 Å². The van der Waals surface area contributed by atoms with Gasteiger partial charge in [-0.15, -0.1) is 0 Å². The third kappa shape index (κ3) is 2.66. The van der Waals surface area contributed by atoms with E-state index in [4.69, 9.17) is 5.73 Å². The van der Waals surface area contributed by atoms with Crippen molar-refractivity contribution in [2.24, 2.45) is 5.73 Å². The Labute approximate surface area is 102 Å². The summed E-state index contributed by atoms with van der Waals surface area (Å²) < 4.78 is 24.0.